The summed E-state index contributed by atoms with van der Waals surface area (Å²) in [5, 5.41) is 2.25. The maximum absolute atomic E-state index is 6.57. The van der Waals surface area contributed by atoms with Crippen molar-refractivity contribution >= 4 is 44.6 Å². The van der Waals surface area contributed by atoms with E-state index in [9.17, 15) is 0 Å². The van der Waals surface area contributed by atoms with Gasteiger partial charge in [-0.05, 0) is 80.8 Å². The van der Waals surface area contributed by atoms with Crippen molar-refractivity contribution in [2.75, 3.05) is 9.80 Å². The van der Waals surface area contributed by atoms with Gasteiger partial charge in [-0.15, -0.1) is 48.1 Å². The van der Waals surface area contributed by atoms with Crippen molar-refractivity contribution in [1.29, 1.82) is 0 Å². The minimum Gasteiger partial charge on any atom is -0.509 e. The summed E-state index contributed by atoms with van der Waals surface area (Å²) in [7, 11) is 0. The zero-order chi connectivity index (χ0) is 37.3. The molecule has 0 unspecified atom stereocenters. The maximum Gasteiger partial charge on any atom is 0.135 e. The second kappa shape index (κ2) is 13.8. The van der Waals surface area contributed by atoms with E-state index >= 15 is 0 Å². The molecule has 0 aliphatic carbocycles. The molecule has 3 heterocycles. The Balaban J connectivity index is 0.00000450. The van der Waals surface area contributed by atoms with Crippen LogP contribution in [0.15, 0.2) is 115 Å². The van der Waals surface area contributed by atoms with Gasteiger partial charge in [-0.25, -0.2) is 4.98 Å². The number of hydrogen-bond donors (Lipinski definition) is 0. The molecule has 0 N–H and O–H groups in total. The van der Waals surface area contributed by atoms with Crippen LogP contribution >= 0.6 is 0 Å². The number of anilines is 4. The van der Waals surface area contributed by atoms with Crippen LogP contribution in [-0.2, 0) is 37.3 Å². The Kier molecular flexibility index (Phi) is 9.55. The average Bonchev–Trinajstić information content (AvgIpc) is 3.66. The summed E-state index contributed by atoms with van der Waals surface area (Å²) in [4.78, 5) is 9.33. The summed E-state index contributed by atoms with van der Waals surface area (Å²) in [6.07, 6.45) is 1.90. The number of fused-ring (bicyclic) bond motifs is 4. The molecule has 6 heteroatoms. The summed E-state index contributed by atoms with van der Waals surface area (Å²) in [5.74, 6) is 2.09. The molecule has 54 heavy (non-hydrogen) atoms. The van der Waals surface area contributed by atoms with E-state index in [1.807, 2.05) is 24.4 Å². The van der Waals surface area contributed by atoms with Crippen LogP contribution < -0.4 is 14.5 Å². The van der Waals surface area contributed by atoms with Gasteiger partial charge in [0.2, 0.25) is 0 Å². The first-order valence-corrected chi connectivity index (χ1v) is 18.5. The van der Waals surface area contributed by atoms with Crippen molar-refractivity contribution in [2.45, 2.75) is 78.6 Å². The molecular weight excluding hydrogens is 844 g/mol. The first kappa shape index (κ1) is 37.5. The normalized spacial score (nSPS) is 13.4. The molecule has 5 aromatic carbocycles. The van der Waals surface area contributed by atoms with Crippen molar-refractivity contribution < 1.29 is 25.8 Å². The number of benzene rings is 5. The molecule has 0 atom stereocenters. The van der Waals surface area contributed by atoms with Gasteiger partial charge < -0.3 is 19.1 Å². The van der Waals surface area contributed by atoms with E-state index < -0.39 is 0 Å². The largest absolute Gasteiger partial charge is 0.509 e. The van der Waals surface area contributed by atoms with E-state index in [1.54, 1.807) is 0 Å². The summed E-state index contributed by atoms with van der Waals surface area (Å²) in [6, 6.07) is 45.8. The fourth-order valence-electron chi connectivity index (χ4n) is 7.08. The van der Waals surface area contributed by atoms with Crippen molar-refractivity contribution in [3.05, 3.63) is 151 Å². The minimum absolute atomic E-state index is 0. The van der Waals surface area contributed by atoms with Gasteiger partial charge in [0.15, 0.2) is 0 Å². The zero-order valence-electron chi connectivity index (χ0n) is 32.6. The molecule has 8 rings (SSSR count). The molecule has 278 valence electrons. The molecular formula is C48H47N4OPt-3. The van der Waals surface area contributed by atoms with Crippen molar-refractivity contribution in [2.24, 2.45) is 0 Å². The molecule has 1 aliphatic heterocycles. The van der Waals surface area contributed by atoms with Crippen LogP contribution in [0.2, 0.25) is 0 Å². The predicted molar refractivity (Wildman–Crippen MR) is 220 cm³/mol. The van der Waals surface area contributed by atoms with Crippen LogP contribution in [0.1, 0.15) is 79.0 Å². The molecule has 2 aromatic heterocycles. The van der Waals surface area contributed by atoms with Crippen LogP contribution in [0.4, 0.5) is 22.7 Å². The first-order valence-electron chi connectivity index (χ1n) is 18.5. The summed E-state index contributed by atoms with van der Waals surface area (Å²) < 4.78 is 8.76. The van der Waals surface area contributed by atoms with E-state index in [0.717, 1.165) is 50.4 Å². The van der Waals surface area contributed by atoms with E-state index in [2.05, 4.69) is 186 Å². The van der Waals surface area contributed by atoms with Crippen molar-refractivity contribution in [3.63, 3.8) is 0 Å². The van der Waals surface area contributed by atoms with E-state index in [1.165, 1.54) is 16.7 Å². The molecule has 5 nitrogen and oxygen atoms in total. The van der Waals surface area contributed by atoms with Gasteiger partial charge in [-0.2, -0.15) is 12.1 Å². The maximum atomic E-state index is 6.57. The van der Waals surface area contributed by atoms with Crippen LogP contribution in [0, 0.1) is 18.8 Å². The average molecular weight is 891 g/mol. The molecule has 0 fully saturated rings. The molecule has 1 aliphatic rings. The van der Waals surface area contributed by atoms with E-state index in [0.29, 0.717) is 11.5 Å². The fraction of sp³-hybridized carbons (Fsp3) is 0.250. The number of hydrogen-bond acceptors (Lipinski definition) is 4. The minimum atomic E-state index is -0.00898. The van der Waals surface area contributed by atoms with Gasteiger partial charge in [-0.1, -0.05) is 104 Å². The monoisotopic (exact) mass is 890 g/mol. The van der Waals surface area contributed by atoms with Gasteiger partial charge in [0.05, 0.1) is 0 Å². The number of pyridine rings is 1. The third kappa shape index (κ3) is 6.95. The first-order chi connectivity index (χ1) is 25.1. The summed E-state index contributed by atoms with van der Waals surface area (Å²) in [6.45, 7) is 22.4. The third-order valence-electron chi connectivity index (χ3n) is 10.2. The molecule has 0 saturated heterocycles. The van der Waals surface area contributed by atoms with Crippen LogP contribution in [-0.4, -0.2) is 9.55 Å². The van der Waals surface area contributed by atoms with Crippen LogP contribution in [0.25, 0.3) is 27.6 Å². The van der Waals surface area contributed by atoms with Gasteiger partial charge in [0.25, 0.3) is 0 Å². The number of ether oxygens (including phenoxy) is 1. The fourth-order valence-corrected chi connectivity index (χ4v) is 7.08. The van der Waals surface area contributed by atoms with E-state index in [4.69, 9.17) is 9.72 Å². The van der Waals surface area contributed by atoms with Crippen molar-refractivity contribution in [3.8, 4) is 17.3 Å². The number of nitrogens with zero attached hydrogens (tertiary/aromatic N) is 4. The summed E-state index contributed by atoms with van der Waals surface area (Å²) >= 11 is 0. The predicted octanol–water partition coefficient (Wildman–Crippen LogP) is 12.9. The Morgan fingerprint density at radius 1 is 0.574 bits per heavy atom. The molecule has 7 aromatic rings. The SMILES string of the molecule is CC(C)(C)c1cccc(N2[CH-]N(c3[c-]c(Oc4[c-]c5c(cc4)c4ccccc4n5-c4cc(C(C)(C)C)ccn4)ccc3)c3ccc(C(C)(C)C)cc32)c1.[Pt]. The Bertz CT molecular complexity index is 2490. The molecule has 0 spiro atoms. The summed E-state index contributed by atoms with van der Waals surface area (Å²) in [5.41, 5.74) is 10.1. The van der Waals surface area contributed by atoms with Gasteiger partial charge in [-0.3, -0.25) is 0 Å². The Morgan fingerprint density at radius 3 is 2.02 bits per heavy atom. The Hall–Kier alpha value is -4.86. The molecule has 0 saturated carbocycles. The zero-order valence-corrected chi connectivity index (χ0v) is 34.8. The number of rotatable bonds is 5. The second-order valence-corrected chi connectivity index (χ2v) is 17.2. The second-order valence-electron chi connectivity index (χ2n) is 17.2. The van der Waals surface area contributed by atoms with E-state index in [-0.39, 0.29) is 37.3 Å². The van der Waals surface area contributed by atoms with Gasteiger partial charge in [0.1, 0.15) is 5.82 Å². The topological polar surface area (TPSA) is 33.5 Å². The Labute approximate surface area is 334 Å². The van der Waals surface area contributed by atoms with Crippen LogP contribution in [0.3, 0.4) is 0 Å². The van der Waals surface area contributed by atoms with Gasteiger partial charge in [0, 0.05) is 61.3 Å². The molecule has 0 radical (unpaired) electrons. The quantitative estimate of drug-likeness (QED) is 0.161. The standard InChI is InChI=1S/C48H47N4O.Pt/c1-46(2,3)32-14-12-15-35(26-32)51-31-50(42-23-20-33(27-44(42)51)47(4,5)6)36-16-13-17-37(29-36)53-38-21-22-40-39-18-10-11-19-41(39)52(43(40)30-38)45-28-34(24-25-49-45)48(7,8)9;/h10-28,31H,1-9H3;/q-3;. The molecule has 0 bridgehead atoms. The smallest absolute Gasteiger partial charge is 0.135 e. The van der Waals surface area contributed by atoms with Gasteiger partial charge >= 0.3 is 0 Å². The van der Waals surface area contributed by atoms with Crippen molar-refractivity contribution in [1.82, 2.24) is 9.55 Å². The third-order valence-corrected chi connectivity index (χ3v) is 10.2. The van der Waals surface area contributed by atoms with Crippen LogP contribution in [0.5, 0.6) is 11.5 Å². The molecule has 0 amide bonds. The number of aromatic nitrogens is 2. The Morgan fingerprint density at radius 2 is 1.26 bits per heavy atom. The number of para-hydroxylation sites is 1.